The molecular weight excluding hydrogens is 210 g/mol. The predicted molar refractivity (Wildman–Crippen MR) is 64.4 cm³/mol. The Kier molecular flexibility index (Phi) is 5.19. The van der Waals surface area contributed by atoms with Gasteiger partial charge < -0.3 is 5.32 Å². The van der Waals surface area contributed by atoms with Gasteiger partial charge in [-0.2, -0.15) is 0 Å². The summed E-state index contributed by atoms with van der Waals surface area (Å²) >= 11 is 5.54. The zero-order valence-corrected chi connectivity index (χ0v) is 9.68. The molecule has 82 valence electrons. The van der Waals surface area contributed by atoms with E-state index in [9.17, 15) is 4.79 Å². The lowest BCUT2D eigenvalue weighted by Crippen LogP contribution is -2.11. The highest BCUT2D eigenvalue weighted by atomic mass is 35.5. The normalized spacial score (nSPS) is 10.0. The van der Waals surface area contributed by atoms with E-state index >= 15 is 0 Å². The molecule has 1 aromatic carbocycles. The maximum absolute atomic E-state index is 11.5. The first kappa shape index (κ1) is 12.1. The first-order valence-electron chi connectivity index (χ1n) is 5.15. The standard InChI is InChI=1S/C12H16ClNO/c1-10-6-2-3-7-11(10)14-12(15)8-4-5-9-13/h2-3,6-7H,4-5,8-9H2,1H3,(H,14,15). The first-order valence-corrected chi connectivity index (χ1v) is 5.69. The molecule has 0 saturated carbocycles. The smallest absolute Gasteiger partial charge is 0.224 e. The van der Waals surface area contributed by atoms with Crippen molar-refractivity contribution in [2.24, 2.45) is 0 Å². The Morgan fingerprint density at radius 3 is 2.73 bits per heavy atom. The second-order valence-electron chi connectivity index (χ2n) is 3.51. The van der Waals surface area contributed by atoms with Crippen LogP contribution in [0.4, 0.5) is 5.69 Å². The van der Waals surface area contributed by atoms with Gasteiger partial charge in [-0.3, -0.25) is 4.79 Å². The highest BCUT2D eigenvalue weighted by molar-refractivity contribution is 6.17. The predicted octanol–water partition coefficient (Wildman–Crippen LogP) is 3.34. The monoisotopic (exact) mass is 225 g/mol. The van der Waals surface area contributed by atoms with E-state index in [2.05, 4.69) is 5.32 Å². The molecule has 0 bridgehead atoms. The number of benzene rings is 1. The van der Waals surface area contributed by atoms with E-state index in [0.29, 0.717) is 12.3 Å². The number of aryl methyl sites for hydroxylation is 1. The zero-order valence-electron chi connectivity index (χ0n) is 8.92. The summed E-state index contributed by atoms with van der Waals surface area (Å²) in [6, 6.07) is 7.77. The molecule has 15 heavy (non-hydrogen) atoms. The van der Waals surface area contributed by atoms with Gasteiger partial charge in [-0.15, -0.1) is 11.6 Å². The SMILES string of the molecule is Cc1ccccc1NC(=O)CCCCCl. The minimum Gasteiger partial charge on any atom is -0.326 e. The topological polar surface area (TPSA) is 29.1 Å². The Hall–Kier alpha value is -1.02. The van der Waals surface area contributed by atoms with Crippen molar-refractivity contribution in [2.45, 2.75) is 26.2 Å². The molecular formula is C12H16ClNO. The highest BCUT2D eigenvalue weighted by Crippen LogP contribution is 2.13. The van der Waals surface area contributed by atoms with Crippen molar-refractivity contribution in [3.8, 4) is 0 Å². The Morgan fingerprint density at radius 2 is 2.07 bits per heavy atom. The number of nitrogens with one attached hydrogen (secondary N) is 1. The van der Waals surface area contributed by atoms with Gasteiger partial charge in [-0.05, 0) is 31.4 Å². The molecule has 2 nitrogen and oxygen atoms in total. The Labute approximate surface area is 95.6 Å². The molecule has 1 N–H and O–H groups in total. The third-order valence-corrected chi connectivity index (χ3v) is 2.47. The lowest BCUT2D eigenvalue weighted by Gasteiger charge is -2.07. The highest BCUT2D eigenvalue weighted by Gasteiger charge is 2.03. The number of hydrogen-bond acceptors (Lipinski definition) is 1. The molecule has 0 fully saturated rings. The van der Waals surface area contributed by atoms with Gasteiger partial charge in [-0.25, -0.2) is 0 Å². The molecule has 1 rings (SSSR count). The summed E-state index contributed by atoms with van der Waals surface area (Å²) in [7, 11) is 0. The number of anilines is 1. The molecule has 0 aliphatic heterocycles. The van der Waals surface area contributed by atoms with Gasteiger partial charge in [0.05, 0.1) is 0 Å². The van der Waals surface area contributed by atoms with Gasteiger partial charge in [0.25, 0.3) is 0 Å². The van der Waals surface area contributed by atoms with Crippen molar-refractivity contribution in [3.63, 3.8) is 0 Å². The van der Waals surface area contributed by atoms with E-state index < -0.39 is 0 Å². The van der Waals surface area contributed by atoms with Crippen molar-refractivity contribution in [1.82, 2.24) is 0 Å². The fourth-order valence-corrected chi connectivity index (χ4v) is 1.49. The van der Waals surface area contributed by atoms with Crippen LogP contribution >= 0.6 is 11.6 Å². The summed E-state index contributed by atoms with van der Waals surface area (Å²) in [5.74, 6) is 0.687. The molecule has 1 aromatic rings. The van der Waals surface area contributed by atoms with Gasteiger partial charge in [0.15, 0.2) is 0 Å². The molecule has 0 atom stereocenters. The van der Waals surface area contributed by atoms with Crippen LogP contribution in [-0.2, 0) is 4.79 Å². The van der Waals surface area contributed by atoms with E-state index in [1.54, 1.807) is 0 Å². The van der Waals surface area contributed by atoms with Crippen LogP contribution in [0.15, 0.2) is 24.3 Å². The minimum atomic E-state index is 0.0643. The average molecular weight is 226 g/mol. The quantitative estimate of drug-likeness (QED) is 0.605. The van der Waals surface area contributed by atoms with Crippen LogP contribution in [0, 0.1) is 6.92 Å². The Balaban J connectivity index is 2.41. The van der Waals surface area contributed by atoms with Crippen LogP contribution in [0.2, 0.25) is 0 Å². The lowest BCUT2D eigenvalue weighted by molar-refractivity contribution is -0.116. The van der Waals surface area contributed by atoms with Crippen LogP contribution < -0.4 is 5.32 Å². The third kappa shape index (κ3) is 4.34. The molecule has 0 radical (unpaired) electrons. The zero-order chi connectivity index (χ0) is 11.1. The van der Waals surface area contributed by atoms with E-state index in [0.717, 1.165) is 24.1 Å². The fourth-order valence-electron chi connectivity index (χ4n) is 1.31. The summed E-state index contributed by atoms with van der Waals surface area (Å²) < 4.78 is 0. The second-order valence-corrected chi connectivity index (χ2v) is 3.89. The van der Waals surface area contributed by atoms with Crippen LogP contribution in [0.3, 0.4) is 0 Å². The fraction of sp³-hybridized carbons (Fsp3) is 0.417. The number of hydrogen-bond donors (Lipinski definition) is 1. The van der Waals surface area contributed by atoms with Gasteiger partial charge in [-0.1, -0.05) is 18.2 Å². The summed E-state index contributed by atoms with van der Waals surface area (Å²) in [6.45, 7) is 1.98. The van der Waals surface area contributed by atoms with Gasteiger partial charge >= 0.3 is 0 Å². The molecule has 1 amide bonds. The maximum atomic E-state index is 11.5. The third-order valence-electron chi connectivity index (χ3n) is 2.21. The van der Waals surface area contributed by atoms with Crippen LogP contribution in [0.25, 0.3) is 0 Å². The van der Waals surface area contributed by atoms with Crippen LogP contribution in [0.1, 0.15) is 24.8 Å². The van der Waals surface area contributed by atoms with Crippen LogP contribution in [-0.4, -0.2) is 11.8 Å². The summed E-state index contributed by atoms with van der Waals surface area (Å²) in [5, 5.41) is 2.89. The summed E-state index contributed by atoms with van der Waals surface area (Å²) in [4.78, 5) is 11.5. The molecule has 0 saturated heterocycles. The minimum absolute atomic E-state index is 0.0643. The van der Waals surface area contributed by atoms with E-state index in [4.69, 9.17) is 11.6 Å². The van der Waals surface area contributed by atoms with Gasteiger partial charge in [0, 0.05) is 18.0 Å². The molecule has 0 aliphatic carbocycles. The summed E-state index contributed by atoms with van der Waals surface area (Å²) in [5.41, 5.74) is 1.98. The number of halogens is 1. The molecule has 3 heteroatoms. The molecule has 0 aromatic heterocycles. The number of para-hydroxylation sites is 1. The Bertz CT molecular complexity index is 325. The molecule has 0 heterocycles. The number of carbonyl (C=O) groups excluding carboxylic acids is 1. The van der Waals surface area contributed by atoms with Crippen molar-refractivity contribution in [3.05, 3.63) is 29.8 Å². The maximum Gasteiger partial charge on any atom is 0.224 e. The molecule has 0 aliphatic rings. The number of rotatable bonds is 5. The molecule has 0 spiro atoms. The van der Waals surface area contributed by atoms with Crippen molar-refractivity contribution in [1.29, 1.82) is 0 Å². The van der Waals surface area contributed by atoms with Gasteiger partial charge in [0.2, 0.25) is 5.91 Å². The lowest BCUT2D eigenvalue weighted by atomic mass is 10.2. The second kappa shape index (κ2) is 6.46. The van der Waals surface area contributed by atoms with E-state index in [-0.39, 0.29) is 5.91 Å². The first-order chi connectivity index (χ1) is 7.24. The van der Waals surface area contributed by atoms with Crippen molar-refractivity contribution in [2.75, 3.05) is 11.2 Å². The number of alkyl halides is 1. The van der Waals surface area contributed by atoms with Crippen molar-refractivity contribution >= 4 is 23.2 Å². The summed E-state index contributed by atoms with van der Waals surface area (Å²) in [6.07, 6.45) is 2.28. The van der Waals surface area contributed by atoms with E-state index in [1.807, 2.05) is 31.2 Å². The number of unbranched alkanes of at least 4 members (excludes halogenated alkanes) is 1. The van der Waals surface area contributed by atoms with Crippen molar-refractivity contribution < 1.29 is 4.79 Å². The van der Waals surface area contributed by atoms with Gasteiger partial charge in [0.1, 0.15) is 0 Å². The largest absolute Gasteiger partial charge is 0.326 e. The molecule has 0 unspecified atom stereocenters. The average Bonchev–Trinajstić information content (AvgIpc) is 2.22. The number of carbonyl (C=O) groups is 1. The number of amides is 1. The van der Waals surface area contributed by atoms with Crippen LogP contribution in [0.5, 0.6) is 0 Å². The Morgan fingerprint density at radius 1 is 1.33 bits per heavy atom. The van der Waals surface area contributed by atoms with E-state index in [1.165, 1.54) is 0 Å².